The molecule has 134 valence electrons. The molecule has 3 N–H and O–H groups in total. The average molecular weight is 355 g/mol. The number of amides is 1. The summed E-state index contributed by atoms with van der Waals surface area (Å²) in [6, 6.07) is 4.57. The second-order valence-electron chi connectivity index (χ2n) is 5.43. The Morgan fingerprint density at radius 3 is 2.44 bits per heavy atom. The maximum absolute atomic E-state index is 12.6. The van der Waals surface area contributed by atoms with E-state index >= 15 is 0 Å². The van der Waals surface area contributed by atoms with E-state index in [1.165, 1.54) is 12.1 Å². The minimum absolute atomic E-state index is 0.0222. The molecule has 0 heterocycles. The summed E-state index contributed by atoms with van der Waals surface area (Å²) in [5.41, 5.74) is -1.34. The van der Waals surface area contributed by atoms with Gasteiger partial charge < -0.3 is 15.7 Å². The molecule has 1 amide bonds. The fourth-order valence-electron chi connectivity index (χ4n) is 1.82. The minimum atomic E-state index is -4.52. The number of nitrogens with one attached hydrogen (secondary N) is 2. The Balaban J connectivity index is 2.92. The summed E-state index contributed by atoms with van der Waals surface area (Å²) in [7, 11) is 0. The van der Waals surface area contributed by atoms with Crippen LogP contribution in [0.2, 0.25) is 0 Å². The number of aliphatic carboxylic acids is 1. The number of carboxylic acids is 1. The van der Waals surface area contributed by atoms with Crippen molar-refractivity contribution in [1.29, 1.82) is 5.26 Å². The first-order chi connectivity index (χ1) is 11.6. The van der Waals surface area contributed by atoms with Crippen molar-refractivity contribution in [3.05, 3.63) is 41.6 Å². The maximum Gasteiger partial charge on any atom is 0.416 e. The molecule has 1 unspecified atom stereocenters. The Morgan fingerprint density at radius 1 is 1.32 bits per heavy atom. The van der Waals surface area contributed by atoms with Crippen LogP contribution < -0.4 is 10.6 Å². The number of alkyl halides is 3. The highest BCUT2D eigenvalue weighted by molar-refractivity contribution is 5.99. The molecule has 6 nitrogen and oxygen atoms in total. The van der Waals surface area contributed by atoms with Crippen LogP contribution >= 0.6 is 0 Å². The van der Waals surface area contributed by atoms with Crippen molar-refractivity contribution < 1.29 is 27.9 Å². The lowest BCUT2D eigenvalue weighted by Crippen LogP contribution is -2.44. The number of hydrogen-bond acceptors (Lipinski definition) is 4. The molecule has 1 rings (SSSR count). The van der Waals surface area contributed by atoms with Gasteiger partial charge in [-0.1, -0.05) is 19.9 Å². The zero-order valence-corrected chi connectivity index (χ0v) is 13.4. The normalized spacial score (nSPS) is 13.1. The van der Waals surface area contributed by atoms with Gasteiger partial charge in [0, 0.05) is 11.9 Å². The SMILES string of the molecule is CC(C)C(NC(=O)/C(C#N)=C\Nc1cccc(C(F)(F)F)c1)C(=O)O. The molecule has 1 aromatic carbocycles. The van der Waals surface area contributed by atoms with Gasteiger partial charge >= 0.3 is 12.1 Å². The Labute approximate surface area is 141 Å². The van der Waals surface area contributed by atoms with Crippen LogP contribution in [0.1, 0.15) is 19.4 Å². The summed E-state index contributed by atoms with van der Waals surface area (Å²) in [6.07, 6.45) is -3.60. The number of benzene rings is 1. The van der Waals surface area contributed by atoms with Crippen LogP contribution in [0.25, 0.3) is 0 Å². The van der Waals surface area contributed by atoms with Crippen molar-refractivity contribution in [2.24, 2.45) is 5.92 Å². The molecule has 9 heteroatoms. The molecule has 0 spiro atoms. The van der Waals surface area contributed by atoms with Crippen LogP contribution in [0.4, 0.5) is 18.9 Å². The number of rotatable bonds is 6. The van der Waals surface area contributed by atoms with Crippen molar-refractivity contribution in [3.63, 3.8) is 0 Å². The number of carboxylic acid groups (broad SMARTS) is 1. The summed E-state index contributed by atoms with van der Waals surface area (Å²) >= 11 is 0. The highest BCUT2D eigenvalue weighted by atomic mass is 19.4. The first-order valence-corrected chi connectivity index (χ1v) is 7.14. The molecule has 1 atom stereocenters. The first-order valence-electron chi connectivity index (χ1n) is 7.14. The molecule has 0 bridgehead atoms. The van der Waals surface area contributed by atoms with Gasteiger partial charge in [-0.15, -0.1) is 0 Å². The second-order valence-corrected chi connectivity index (χ2v) is 5.43. The van der Waals surface area contributed by atoms with Crippen molar-refractivity contribution >= 4 is 17.6 Å². The monoisotopic (exact) mass is 355 g/mol. The summed E-state index contributed by atoms with van der Waals surface area (Å²) in [4.78, 5) is 23.0. The van der Waals surface area contributed by atoms with Crippen molar-refractivity contribution in [2.45, 2.75) is 26.1 Å². The molecule has 1 aromatic rings. The van der Waals surface area contributed by atoms with Crippen LogP contribution in [-0.2, 0) is 15.8 Å². The molecule has 0 saturated heterocycles. The predicted molar refractivity (Wildman–Crippen MR) is 83.2 cm³/mol. The molecule has 0 aliphatic heterocycles. The van der Waals surface area contributed by atoms with Gasteiger partial charge in [-0.25, -0.2) is 4.79 Å². The van der Waals surface area contributed by atoms with E-state index < -0.39 is 41.1 Å². The summed E-state index contributed by atoms with van der Waals surface area (Å²) in [6.45, 7) is 3.16. The highest BCUT2D eigenvalue weighted by Gasteiger charge is 2.30. The van der Waals surface area contributed by atoms with E-state index in [9.17, 15) is 22.8 Å². The number of halogens is 3. The highest BCUT2D eigenvalue weighted by Crippen LogP contribution is 2.30. The van der Waals surface area contributed by atoms with E-state index in [0.717, 1.165) is 18.3 Å². The lowest BCUT2D eigenvalue weighted by molar-refractivity contribution is -0.142. The molecule has 0 aliphatic rings. The van der Waals surface area contributed by atoms with Gasteiger partial charge in [-0.3, -0.25) is 4.79 Å². The smallest absolute Gasteiger partial charge is 0.416 e. The van der Waals surface area contributed by atoms with Gasteiger partial charge in [0.1, 0.15) is 17.7 Å². The number of hydrogen-bond donors (Lipinski definition) is 3. The summed E-state index contributed by atoms with van der Waals surface area (Å²) < 4.78 is 37.9. The van der Waals surface area contributed by atoms with E-state index in [1.54, 1.807) is 19.9 Å². The largest absolute Gasteiger partial charge is 0.480 e. The lowest BCUT2D eigenvalue weighted by atomic mass is 10.0. The molecular formula is C16H16F3N3O3. The topological polar surface area (TPSA) is 102 Å². The zero-order valence-electron chi connectivity index (χ0n) is 13.4. The minimum Gasteiger partial charge on any atom is -0.480 e. The third-order valence-electron chi connectivity index (χ3n) is 3.16. The molecule has 0 fully saturated rings. The van der Waals surface area contributed by atoms with E-state index in [4.69, 9.17) is 10.4 Å². The summed E-state index contributed by atoms with van der Waals surface area (Å²) in [5.74, 6) is -2.62. The number of nitrogens with zero attached hydrogens (tertiary/aromatic N) is 1. The molecule has 0 aromatic heterocycles. The number of anilines is 1. The Morgan fingerprint density at radius 2 is 1.96 bits per heavy atom. The van der Waals surface area contributed by atoms with Gasteiger partial charge in [-0.05, 0) is 24.1 Å². The van der Waals surface area contributed by atoms with Crippen LogP contribution in [0.3, 0.4) is 0 Å². The molecule has 0 saturated carbocycles. The number of nitriles is 1. The number of carbonyl (C=O) groups excluding carboxylic acids is 1. The van der Waals surface area contributed by atoms with Gasteiger partial charge in [0.25, 0.3) is 5.91 Å². The third kappa shape index (κ3) is 5.84. The Hall–Kier alpha value is -3.02. The molecule has 25 heavy (non-hydrogen) atoms. The molecular weight excluding hydrogens is 339 g/mol. The zero-order chi connectivity index (χ0) is 19.2. The Bertz CT molecular complexity index is 721. The van der Waals surface area contributed by atoms with E-state index in [1.807, 2.05) is 0 Å². The fourth-order valence-corrected chi connectivity index (χ4v) is 1.82. The number of carbonyl (C=O) groups is 2. The Kier molecular flexibility index (Phi) is 6.56. The molecule has 0 aliphatic carbocycles. The van der Waals surface area contributed by atoms with E-state index in [0.29, 0.717) is 0 Å². The van der Waals surface area contributed by atoms with Gasteiger partial charge in [0.15, 0.2) is 0 Å². The van der Waals surface area contributed by atoms with Crippen molar-refractivity contribution in [1.82, 2.24) is 5.32 Å². The first kappa shape index (κ1) is 20.0. The standard InChI is InChI=1S/C16H16F3N3O3/c1-9(2)13(15(24)25)22-14(23)10(7-20)8-21-12-5-3-4-11(6-12)16(17,18)19/h3-6,8-9,13,21H,1-2H3,(H,22,23)(H,24,25)/b10-8-. The van der Waals surface area contributed by atoms with Gasteiger partial charge in [0.2, 0.25) is 0 Å². The lowest BCUT2D eigenvalue weighted by Gasteiger charge is -2.17. The maximum atomic E-state index is 12.6. The summed E-state index contributed by atoms with van der Waals surface area (Å²) in [5, 5.41) is 22.6. The van der Waals surface area contributed by atoms with E-state index in [2.05, 4.69) is 10.6 Å². The predicted octanol–water partition coefficient (Wildman–Crippen LogP) is 2.75. The van der Waals surface area contributed by atoms with Crippen LogP contribution in [0.15, 0.2) is 36.0 Å². The molecule has 0 radical (unpaired) electrons. The fraction of sp³-hybridized carbons (Fsp3) is 0.312. The van der Waals surface area contributed by atoms with Crippen LogP contribution in [-0.4, -0.2) is 23.0 Å². The van der Waals surface area contributed by atoms with Crippen LogP contribution in [0, 0.1) is 17.2 Å². The van der Waals surface area contributed by atoms with Gasteiger partial charge in [0.05, 0.1) is 5.56 Å². The van der Waals surface area contributed by atoms with Crippen LogP contribution in [0.5, 0.6) is 0 Å². The van der Waals surface area contributed by atoms with E-state index in [-0.39, 0.29) is 5.69 Å². The third-order valence-corrected chi connectivity index (χ3v) is 3.16. The van der Waals surface area contributed by atoms with Crippen molar-refractivity contribution in [2.75, 3.05) is 5.32 Å². The second kappa shape index (κ2) is 8.19. The quantitative estimate of drug-likeness (QED) is 0.538. The average Bonchev–Trinajstić information content (AvgIpc) is 2.52. The van der Waals surface area contributed by atoms with Gasteiger partial charge in [-0.2, -0.15) is 18.4 Å². The van der Waals surface area contributed by atoms with Crippen molar-refractivity contribution in [3.8, 4) is 6.07 Å².